The van der Waals surface area contributed by atoms with Gasteiger partial charge < -0.3 is 31.9 Å². The van der Waals surface area contributed by atoms with Crippen molar-refractivity contribution in [2.75, 3.05) is 12.0 Å². The number of carbonyl (C=O) groups excluding carboxylic acids is 3. The van der Waals surface area contributed by atoms with Gasteiger partial charge in [-0.15, -0.1) is 0 Å². The second-order valence-electron chi connectivity index (χ2n) is 8.58. The number of carboxylic acid groups (broad SMARTS) is 1. The van der Waals surface area contributed by atoms with Crippen LogP contribution in [0.15, 0.2) is 24.3 Å². The summed E-state index contributed by atoms with van der Waals surface area (Å²) in [6.07, 6.45) is 2.63. The summed E-state index contributed by atoms with van der Waals surface area (Å²) in [6.45, 7) is 5.18. The summed E-state index contributed by atoms with van der Waals surface area (Å²) in [6, 6.07) is 2.40. The van der Waals surface area contributed by atoms with Gasteiger partial charge in [-0.25, -0.2) is 4.79 Å². The lowest BCUT2D eigenvalue weighted by Crippen LogP contribution is -2.56. The van der Waals surface area contributed by atoms with Crippen LogP contribution in [0, 0.1) is 5.92 Å². The molecule has 4 unspecified atom stereocenters. The van der Waals surface area contributed by atoms with Crippen LogP contribution in [0.1, 0.15) is 39.2 Å². The maximum absolute atomic E-state index is 12.7. The molecule has 0 radical (unpaired) electrons. The molecule has 0 saturated heterocycles. The number of nitrogens with one attached hydrogen (secondary N) is 3. The minimum absolute atomic E-state index is 0.0571. The van der Waals surface area contributed by atoms with Gasteiger partial charge in [0.1, 0.15) is 23.9 Å². The van der Waals surface area contributed by atoms with E-state index >= 15 is 0 Å². The lowest BCUT2D eigenvalue weighted by atomic mass is 10.0. The number of hydrogen-bond acceptors (Lipinski definition) is 7. The van der Waals surface area contributed by atoms with Crippen LogP contribution in [-0.2, 0) is 25.6 Å². The highest BCUT2D eigenvalue weighted by molar-refractivity contribution is 7.98. The number of aromatic hydroxyl groups is 1. The zero-order valence-electron chi connectivity index (χ0n) is 20.0. The van der Waals surface area contributed by atoms with E-state index in [-0.39, 0.29) is 24.5 Å². The van der Waals surface area contributed by atoms with Crippen molar-refractivity contribution in [3.63, 3.8) is 0 Å². The molecule has 0 aliphatic rings. The van der Waals surface area contributed by atoms with Gasteiger partial charge in [-0.2, -0.15) is 11.8 Å². The second kappa shape index (κ2) is 14.5. The fraction of sp³-hybridized carbons (Fsp3) is 0.565. The van der Waals surface area contributed by atoms with E-state index in [9.17, 15) is 29.4 Å². The molecule has 1 aromatic carbocycles. The maximum atomic E-state index is 12.7. The van der Waals surface area contributed by atoms with Gasteiger partial charge in [0.05, 0.1) is 6.04 Å². The third-order valence-corrected chi connectivity index (χ3v) is 5.69. The van der Waals surface area contributed by atoms with E-state index in [1.165, 1.54) is 30.8 Å². The number of rotatable bonds is 14. The molecule has 0 aliphatic carbocycles. The molecule has 1 rings (SSSR count). The number of benzene rings is 1. The van der Waals surface area contributed by atoms with Crippen molar-refractivity contribution in [2.24, 2.45) is 11.7 Å². The minimum atomic E-state index is -1.14. The fourth-order valence-electron chi connectivity index (χ4n) is 3.13. The molecule has 0 saturated carbocycles. The number of aliphatic carboxylic acids is 1. The molecule has 0 aliphatic heterocycles. The summed E-state index contributed by atoms with van der Waals surface area (Å²) >= 11 is 1.49. The van der Waals surface area contributed by atoms with Crippen LogP contribution < -0.4 is 21.7 Å². The van der Waals surface area contributed by atoms with Gasteiger partial charge in [-0.05, 0) is 61.8 Å². The van der Waals surface area contributed by atoms with Crippen molar-refractivity contribution in [3.8, 4) is 5.75 Å². The van der Waals surface area contributed by atoms with Gasteiger partial charge in [-0.1, -0.05) is 26.0 Å². The molecule has 0 aromatic heterocycles. The van der Waals surface area contributed by atoms with Crippen molar-refractivity contribution >= 4 is 35.5 Å². The molecular weight excluding hydrogens is 460 g/mol. The van der Waals surface area contributed by atoms with Crippen LogP contribution in [0.2, 0.25) is 0 Å². The highest BCUT2D eigenvalue weighted by Crippen LogP contribution is 2.11. The minimum Gasteiger partial charge on any atom is -0.508 e. The number of nitrogens with two attached hydrogens (primary N) is 1. The zero-order valence-corrected chi connectivity index (χ0v) is 20.9. The first-order valence-corrected chi connectivity index (χ1v) is 12.5. The summed E-state index contributed by atoms with van der Waals surface area (Å²) in [7, 11) is 0. The number of thioether (sulfide) groups is 1. The standard InChI is InChI=1S/C23H36N4O6S/c1-13(2)11-19(23(32)33)27-22(31)18(9-10-34-4)26-20(29)14(3)25-21(30)17(24)12-15-5-7-16(28)8-6-15/h5-8,13-14,17-19,28H,9-12,24H2,1-4H3,(H,25,30)(H,26,29)(H,27,31)(H,32,33). The summed E-state index contributed by atoms with van der Waals surface area (Å²) < 4.78 is 0. The number of amides is 3. The molecule has 3 amide bonds. The normalized spacial score (nSPS) is 14.5. The third-order valence-electron chi connectivity index (χ3n) is 5.05. The average molecular weight is 497 g/mol. The first kappa shape index (κ1) is 29.2. The van der Waals surface area contributed by atoms with Crippen molar-refractivity contribution in [2.45, 2.75) is 64.2 Å². The summed E-state index contributed by atoms with van der Waals surface area (Å²) in [4.78, 5) is 49.3. The first-order valence-electron chi connectivity index (χ1n) is 11.1. The van der Waals surface area contributed by atoms with Crippen LogP contribution in [0.3, 0.4) is 0 Å². The summed E-state index contributed by atoms with van der Waals surface area (Å²) in [5.74, 6) is -2.12. The van der Waals surface area contributed by atoms with Crippen LogP contribution in [0.25, 0.3) is 0 Å². The van der Waals surface area contributed by atoms with Gasteiger partial charge in [0.2, 0.25) is 17.7 Å². The predicted molar refractivity (Wildman–Crippen MR) is 131 cm³/mol. The Labute approximate surface area is 204 Å². The van der Waals surface area contributed by atoms with Crippen molar-refractivity contribution < 1.29 is 29.4 Å². The van der Waals surface area contributed by atoms with Crippen molar-refractivity contribution in [1.82, 2.24) is 16.0 Å². The Morgan fingerprint density at radius 3 is 2.06 bits per heavy atom. The lowest BCUT2D eigenvalue weighted by Gasteiger charge is -2.24. The SMILES string of the molecule is CSCCC(NC(=O)C(C)NC(=O)C(N)Cc1ccc(O)cc1)C(=O)NC(CC(C)C)C(=O)O. The fourth-order valence-corrected chi connectivity index (χ4v) is 3.60. The van der Waals surface area contributed by atoms with Crippen LogP contribution >= 0.6 is 11.8 Å². The Kier molecular flexibility index (Phi) is 12.4. The Morgan fingerprint density at radius 2 is 1.53 bits per heavy atom. The Balaban J connectivity index is 2.73. The Bertz CT molecular complexity index is 833. The molecule has 0 fully saturated rings. The van der Waals surface area contributed by atoms with Crippen LogP contribution in [0.4, 0.5) is 0 Å². The molecule has 10 nitrogen and oxygen atoms in total. The average Bonchev–Trinajstić information content (AvgIpc) is 2.76. The van der Waals surface area contributed by atoms with E-state index in [1.807, 2.05) is 20.1 Å². The third kappa shape index (κ3) is 10.4. The molecule has 0 bridgehead atoms. The van der Waals surface area contributed by atoms with E-state index in [2.05, 4.69) is 16.0 Å². The van der Waals surface area contributed by atoms with E-state index < -0.39 is 47.9 Å². The van der Waals surface area contributed by atoms with Crippen molar-refractivity contribution in [3.05, 3.63) is 29.8 Å². The molecule has 190 valence electrons. The molecule has 7 N–H and O–H groups in total. The van der Waals surface area contributed by atoms with E-state index in [1.54, 1.807) is 12.1 Å². The molecule has 1 aromatic rings. The number of carboxylic acids is 1. The zero-order chi connectivity index (χ0) is 25.8. The largest absolute Gasteiger partial charge is 0.508 e. The van der Waals surface area contributed by atoms with Gasteiger partial charge in [-0.3, -0.25) is 14.4 Å². The van der Waals surface area contributed by atoms with E-state index in [4.69, 9.17) is 5.73 Å². The van der Waals surface area contributed by atoms with E-state index in [0.717, 1.165) is 5.56 Å². The number of phenols is 1. The number of hydrogen-bond donors (Lipinski definition) is 6. The number of carbonyl (C=O) groups is 4. The van der Waals surface area contributed by atoms with Crippen LogP contribution in [0.5, 0.6) is 5.75 Å². The predicted octanol–water partition coefficient (Wildman–Crippen LogP) is 0.620. The summed E-state index contributed by atoms with van der Waals surface area (Å²) in [5, 5.41) is 26.4. The Hall–Kier alpha value is -2.79. The highest BCUT2D eigenvalue weighted by atomic mass is 32.2. The maximum Gasteiger partial charge on any atom is 0.326 e. The Morgan fingerprint density at radius 1 is 0.941 bits per heavy atom. The lowest BCUT2D eigenvalue weighted by molar-refractivity contribution is -0.142. The first-order chi connectivity index (χ1) is 15.9. The van der Waals surface area contributed by atoms with Gasteiger partial charge in [0.25, 0.3) is 0 Å². The second-order valence-corrected chi connectivity index (χ2v) is 9.56. The number of phenolic OH excluding ortho intramolecular Hbond substituents is 1. The molecule has 0 spiro atoms. The van der Waals surface area contributed by atoms with Gasteiger partial charge in [0.15, 0.2) is 0 Å². The summed E-state index contributed by atoms with van der Waals surface area (Å²) in [5.41, 5.74) is 6.70. The smallest absolute Gasteiger partial charge is 0.326 e. The van der Waals surface area contributed by atoms with Gasteiger partial charge in [0, 0.05) is 0 Å². The van der Waals surface area contributed by atoms with E-state index in [0.29, 0.717) is 12.2 Å². The quantitative estimate of drug-likeness (QED) is 0.218. The molecule has 11 heteroatoms. The molecule has 0 heterocycles. The molecule has 4 atom stereocenters. The van der Waals surface area contributed by atoms with Crippen LogP contribution in [-0.4, -0.2) is 70.1 Å². The van der Waals surface area contributed by atoms with Crippen molar-refractivity contribution in [1.29, 1.82) is 0 Å². The topological polar surface area (TPSA) is 171 Å². The molecular formula is C23H36N4O6S. The monoisotopic (exact) mass is 496 g/mol. The molecule has 34 heavy (non-hydrogen) atoms. The van der Waals surface area contributed by atoms with Gasteiger partial charge >= 0.3 is 5.97 Å². The highest BCUT2D eigenvalue weighted by Gasteiger charge is 2.29.